The molecule has 0 radical (unpaired) electrons. The Morgan fingerprint density at radius 2 is 1.11 bits per heavy atom. The number of aliphatic hydroxyl groups excluding tert-OH is 4. The van der Waals surface area contributed by atoms with E-state index in [2.05, 4.69) is 19.2 Å². The fraction of sp³-hybridized carbons (Fsp3) is 0.795. The molecule has 0 aliphatic carbocycles. The summed E-state index contributed by atoms with van der Waals surface area (Å²) in [6.45, 7) is 4.31. The van der Waals surface area contributed by atoms with Gasteiger partial charge in [-0.25, -0.2) is 0 Å². The summed E-state index contributed by atoms with van der Waals surface area (Å²) in [5, 5.41) is 44.4. The highest BCUT2D eigenvalue weighted by molar-refractivity contribution is 7.45. The molecule has 0 rings (SSSR count). The van der Waals surface area contributed by atoms with Crippen LogP contribution in [0.4, 0.5) is 0 Å². The van der Waals surface area contributed by atoms with Crippen LogP contribution >= 0.6 is 7.82 Å². The lowest BCUT2D eigenvalue weighted by molar-refractivity contribution is -0.870. The van der Waals surface area contributed by atoms with E-state index in [1.807, 2.05) is 21.1 Å². The van der Waals surface area contributed by atoms with E-state index in [-0.39, 0.29) is 25.9 Å². The van der Waals surface area contributed by atoms with Gasteiger partial charge >= 0.3 is 0 Å². The first-order valence-corrected chi connectivity index (χ1v) is 23.3. The van der Waals surface area contributed by atoms with Crippen LogP contribution in [0.5, 0.6) is 0 Å². The smallest absolute Gasteiger partial charge is 0.268 e. The molecule has 0 aliphatic rings. The fourth-order valence-corrected chi connectivity index (χ4v) is 6.73. The Bertz CT molecular complexity index is 1110. The normalized spacial score (nSPS) is 16.5. The summed E-state index contributed by atoms with van der Waals surface area (Å²) in [5.74, 6) is -0.417. The summed E-state index contributed by atoms with van der Waals surface area (Å²) in [5.41, 5.74) is 0. The Kier molecular flexibility index (Phi) is 34.3. The highest BCUT2D eigenvalue weighted by Gasteiger charge is 2.25. The van der Waals surface area contributed by atoms with Crippen molar-refractivity contribution in [2.45, 2.75) is 186 Å². The van der Waals surface area contributed by atoms with Gasteiger partial charge in [0.2, 0.25) is 5.91 Å². The van der Waals surface area contributed by atoms with Gasteiger partial charge in [-0.15, -0.1) is 0 Å². The lowest BCUT2D eigenvalue weighted by Gasteiger charge is -2.30. The van der Waals surface area contributed by atoms with Gasteiger partial charge < -0.3 is 44.2 Å². The molecule has 0 aromatic rings. The van der Waals surface area contributed by atoms with E-state index in [0.29, 0.717) is 17.4 Å². The van der Waals surface area contributed by atoms with Crippen molar-refractivity contribution in [2.24, 2.45) is 0 Å². The third-order valence-electron chi connectivity index (χ3n) is 9.69. The van der Waals surface area contributed by atoms with Gasteiger partial charge in [0.05, 0.1) is 58.2 Å². The van der Waals surface area contributed by atoms with E-state index >= 15 is 0 Å². The number of amides is 1. The average Bonchev–Trinajstić information content (AvgIpc) is 3.13. The molecule has 11 nitrogen and oxygen atoms in total. The number of aliphatic hydroxyl groups is 4. The van der Waals surface area contributed by atoms with E-state index in [9.17, 15) is 34.7 Å². The summed E-state index contributed by atoms with van der Waals surface area (Å²) >= 11 is 0. The maximum Gasteiger partial charge on any atom is 0.268 e. The van der Waals surface area contributed by atoms with Crippen LogP contribution in [-0.4, -0.2) is 102 Å². The number of nitrogens with zero attached hydrogens (tertiary/aromatic N) is 1. The number of allylic oxidation sites excluding steroid dienone is 6. The molecule has 0 aromatic carbocycles. The van der Waals surface area contributed by atoms with Crippen molar-refractivity contribution in [3.8, 4) is 0 Å². The monoisotopic (exact) mass is 815 g/mol. The molecule has 1 amide bonds. The number of likely N-dealkylation sites (N-methyl/N-ethyl adjacent to an activating group) is 1. The van der Waals surface area contributed by atoms with Crippen molar-refractivity contribution in [3.05, 3.63) is 48.6 Å². The van der Waals surface area contributed by atoms with Crippen molar-refractivity contribution in [2.75, 3.05) is 40.9 Å². The van der Waals surface area contributed by atoms with Crippen molar-refractivity contribution in [3.63, 3.8) is 0 Å². The maximum absolute atomic E-state index is 12.9. The van der Waals surface area contributed by atoms with E-state index < -0.39 is 50.8 Å². The molecule has 5 N–H and O–H groups in total. The summed E-state index contributed by atoms with van der Waals surface area (Å²) in [7, 11) is 1.08. The number of phosphoric acid groups is 1. The van der Waals surface area contributed by atoms with E-state index in [1.54, 1.807) is 42.5 Å². The Balaban J connectivity index is 4.76. The summed E-state index contributed by atoms with van der Waals surface area (Å²) < 4.78 is 23.1. The number of hydrogen-bond acceptors (Lipinski definition) is 9. The van der Waals surface area contributed by atoms with Gasteiger partial charge in [0.1, 0.15) is 13.2 Å². The van der Waals surface area contributed by atoms with E-state index in [1.165, 1.54) is 70.3 Å². The summed E-state index contributed by atoms with van der Waals surface area (Å²) in [4.78, 5) is 25.3. The van der Waals surface area contributed by atoms with E-state index in [0.717, 1.165) is 51.4 Å². The molecule has 1 unspecified atom stereocenters. The molecule has 6 atom stereocenters. The molecule has 12 heteroatoms. The van der Waals surface area contributed by atoms with Gasteiger partial charge in [-0.1, -0.05) is 172 Å². The standard InChI is InChI=1S/C44H83N2O9P/c1-6-8-10-11-12-13-14-15-16-17-18-19-23-27-32-41(48)40(38-55-56(52,53)54-37-36-46(3,4)5)45-44(51)35-29-34-43(50)42(49)33-28-24-21-20-22-26-31-39(47)30-25-9-7-2/h20-22,24,26,28,31,33,39-43,47-50H,6-19,23,25,27,29-30,32,34-38H2,1-5H3,(H-,45,51,52,53)/b22-20-,24-21+,31-26+,33-28+/t39-,40-,41+,42-,43-/m0/s1. The first-order chi connectivity index (χ1) is 26.7. The molecule has 0 aliphatic heterocycles. The molecule has 0 fully saturated rings. The highest BCUT2D eigenvalue weighted by Crippen LogP contribution is 2.38. The molecule has 56 heavy (non-hydrogen) atoms. The quantitative estimate of drug-likeness (QED) is 0.0180. The third-order valence-corrected chi connectivity index (χ3v) is 10.7. The van der Waals surface area contributed by atoms with Crippen LogP contribution in [0.3, 0.4) is 0 Å². The van der Waals surface area contributed by atoms with Gasteiger partial charge in [-0.3, -0.25) is 9.36 Å². The van der Waals surface area contributed by atoms with Gasteiger partial charge in [0.25, 0.3) is 7.82 Å². The zero-order valence-corrected chi connectivity index (χ0v) is 36.8. The highest BCUT2D eigenvalue weighted by atomic mass is 31.2. The Labute approximate surface area is 341 Å². The molecule has 0 saturated carbocycles. The van der Waals surface area contributed by atoms with Crippen LogP contribution in [0.1, 0.15) is 155 Å². The number of nitrogens with one attached hydrogen (secondary N) is 1. The minimum Gasteiger partial charge on any atom is -0.756 e. The second-order valence-electron chi connectivity index (χ2n) is 16.3. The molecular formula is C44H83N2O9P. The van der Waals surface area contributed by atoms with Crippen molar-refractivity contribution in [1.82, 2.24) is 5.32 Å². The molecule has 0 spiro atoms. The summed E-state index contributed by atoms with van der Waals surface area (Å²) in [6, 6.07) is -0.959. The van der Waals surface area contributed by atoms with E-state index in [4.69, 9.17) is 9.05 Å². The number of phosphoric ester groups is 1. The van der Waals surface area contributed by atoms with Gasteiger partial charge in [0.15, 0.2) is 0 Å². The van der Waals surface area contributed by atoms with Crippen molar-refractivity contribution < 1.29 is 48.2 Å². The first kappa shape index (κ1) is 54.3. The van der Waals surface area contributed by atoms with Crippen molar-refractivity contribution >= 4 is 13.7 Å². The van der Waals surface area contributed by atoms with Gasteiger partial charge in [-0.05, 0) is 25.7 Å². The Morgan fingerprint density at radius 1 is 0.643 bits per heavy atom. The number of quaternary nitrogens is 1. The van der Waals surface area contributed by atoms with Crippen molar-refractivity contribution in [1.29, 1.82) is 0 Å². The first-order valence-electron chi connectivity index (χ1n) is 21.8. The van der Waals surface area contributed by atoms with Crippen LogP contribution in [-0.2, 0) is 18.4 Å². The van der Waals surface area contributed by atoms with Crippen LogP contribution in [0.25, 0.3) is 0 Å². The molecule has 0 saturated heterocycles. The number of hydrogen-bond donors (Lipinski definition) is 5. The number of carbonyl (C=O) groups excluding carboxylic acids is 1. The Hall–Kier alpha value is -1.66. The van der Waals surface area contributed by atoms with Crippen LogP contribution < -0.4 is 10.2 Å². The van der Waals surface area contributed by atoms with Crippen LogP contribution in [0, 0.1) is 0 Å². The molecule has 0 heterocycles. The molecular weight excluding hydrogens is 731 g/mol. The second kappa shape index (κ2) is 35.3. The van der Waals surface area contributed by atoms with Crippen LogP contribution in [0.2, 0.25) is 0 Å². The topological polar surface area (TPSA) is 169 Å². The van der Waals surface area contributed by atoms with Crippen LogP contribution in [0.15, 0.2) is 48.6 Å². The third kappa shape index (κ3) is 35.5. The molecule has 0 bridgehead atoms. The predicted octanol–water partition coefficient (Wildman–Crippen LogP) is 7.97. The number of rotatable bonds is 38. The number of unbranched alkanes of at least 4 members (excludes halogenated alkanes) is 15. The SMILES string of the molecule is CCCCCCCCCCCCCCCC[C@@H](O)[C@H](COP(=O)([O-])OCC[N+](C)(C)C)NC(=O)CCC[C@H](O)[C@@H](O)/C=C/C=C/C=C\C=C\[C@@H](O)CCCCC. The van der Waals surface area contributed by atoms with Gasteiger partial charge in [0, 0.05) is 6.42 Å². The minimum atomic E-state index is -4.66. The molecule has 328 valence electrons. The Morgan fingerprint density at radius 3 is 1.66 bits per heavy atom. The maximum atomic E-state index is 12.9. The number of carbonyl (C=O) groups is 1. The zero-order chi connectivity index (χ0) is 41.9. The predicted molar refractivity (Wildman–Crippen MR) is 228 cm³/mol. The largest absolute Gasteiger partial charge is 0.756 e. The zero-order valence-electron chi connectivity index (χ0n) is 35.9. The van der Waals surface area contributed by atoms with Gasteiger partial charge in [-0.2, -0.15) is 0 Å². The lowest BCUT2D eigenvalue weighted by atomic mass is 10.0. The lowest BCUT2D eigenvalue weighted by Crippen LogP contribution is -2.46. The molecule has 0 aromatic heterocycles. The fourth-order valence-electron chi connectivity index (χ4n) is 6.01. The average molecular weight is 815 g/mol. The second-order valence-corrected chi connectivity index (χ2v) is 17.7. The summed E-state index contributed by atoms with van der Waals surface area (Å²) in [6.07, 6.45) is 31.8. The minimum absolute atomic E-state index is 0.0100.